The Bertz CT molecular complexity index is 330. The van der Waals surface area contributed by atoms with Crippen molar-refractivity contribution in [1.29, 1.82) is 0 Å². The second-order valence-electron chi connectivity index (χ2n) is 4.28. The fourth-order valence-corrected chi connectivity index (χ4v) is 4.67. The van der Waals surface area contributed by atoms with E-state index in [-0.39, 0.29) is 23.1 Å². The predicted octanol–water partition coefficient (Wildman–Crippen LogP) is 0.336. The summed E-state index contributed by atoms with van der Waals surface area (Å²) in [6.07, 6.45) is 1.87. The molecule has 2 bridgehead atoms. The van der Waals surface area contributed by atoms with Crippen LogP contribution in [0.15, 0.2) is 0 Å². The average Bonchev–Trinajstić information content (AvgIpc) is 2.40. The Labute approximate surface area is 72.3 Å². The summed E-state index contributed by atoms with van der Waals surface area (Å²) in [4.78, 5) is 0. The van der Waals surface area contributed by atoms with Crippen molar-refractivity contribution in [3.63, 3.8) is 0 Å². The van der Waals surface area contributed by atoms with E-state index in [1.54, 1.807) is 0 Å². The standard InChI is InChI=1S/C8H12O3S/c1-8-3-5-7(10-8)6(4-8)12(2,9)11-5/h5-7H,2-4H2,1H3. The zero-order valence-electron chi connectivity index (χ0n) is 6.99. The highest BCUT2D eigenvalue weighted by Gasteiger charge is 2.63. The monoisotopic (exact) mass is 188 g/mol. The van der Waals surface area contributed by atoms with Crippen molar-refractivity contribution < 1.29 is 13.1 Å². The molecule has 3 heterocycles. The maximum absolute atomic E-state index is 11.8. The normalized spacial score (nSPS) is 67.6. The molecule has 0 aromatic heterocycles. The molecule has 3 rings (SSSR count). The van der Waals surface area contributed by atoms with Crippen LogP contribution < -0.4 is 0 Å². The molecular weight excluding hydrogens is 176 g/mol. The Morgan fingerprint density at radius 2 is 2.33 bits per heavy atom. The molecule has 0 aromatic carbocycles. The third kappa shape index (κ3) is 0.690. The molecule has 0 saturated carbocycles. The molecule has 3 aliphatic heterocycles. The second-order valence-corrected chi connectivity index (χ2v) is 6.40. The van der Waals surface area contributed by atoms with Gasteiger partial charge in [0.25, 0.3) is 0 Å². The van der Waals surface area contributed by atoms with E-state index in [1.807, 2.05) is 0 Å². The molecule has 3 saturated heterocycles. The Balaban J connectivity index is 2.13. The highest BCUT2D eigenvalue weighted by atomic mass is 32.2. The maximum Gasteiger partial charge on any atom is 0.104 e. The van der Waals surface area contributed by atoms with Crippen LogP contribution in [0.5, 0.6) is 0 Å². The smallest absolute Gasteiger partial charge is 0.104 e. The minimum absolute atomic E-state index is 0.0544. The average molecular weight is 188 g/mol. The third-order valence-corrected chi connectivity index (χ3v) is 5.10. The SMILES string of the molecule is C=S1(=O)OC2CC3(C)CC1C2O3. The van der Waals surface area contributed by atoms with Crippen LogP contribution in [-0.2, 0) is 18.7 Å². The van der Waals surface area contributed by atoms with Crippen LogP contribution in [0, 0.1) is 0 Å². The second kappa shape index (κ2) is 1.74. The van der Waals surface area contributed by atoms with E-state index in [0.717, 1.165) is 12.8 Å². The molecular formula is C8H12O3S. The molecule has 0 spiro atoms. The summed E-state index contributed by atoms with van der Waals surface area (Å²) in [6, 6.07) is 0. The van der Waals surface area contributed by atoms with Gasteiger partial charge in [-0.25, -0.2) is 4.21 Å². The largest absolute Gasteiger partial charge is 0.368 e. The van der Waals surface area contributed by atoms with Crippen molar-refractivity contribution in [2.45, 2.75) is 42.8 Å². The lowest BCUT2D eigenvalue weighted by molar-refractivity contribution is 0.0229. The quantitative estimate of drug-likeness (QED) is 0.514. The molecule has 4 heteroatoms. The van der Waals surface area contributed by atoms with Crippen LogP contribution >= 0.6 is 0 Å². The Morgan fingerprint density at radius 3 is 2.83 bits per heavy atom. The van der Waals surface area contributed by atoms with Crippen molar-refractivity contribution in [1.82, 2.24) is 0 Å². The molecule has 3 fully saturated rings. The van der Waals surface area contributed by atoms with Gasteiger partial charge in [-0.2, -0.15) is 0 Å². The van der Waals surface area contributed by atoms with Gasteiger partial charge < -0.3 is 4.74 Å². The molecule has 5 unspecified atom stereocenters. The fraction of sp³-hybridized carbons (Fsp3) is 0.875. The lowest BCUT2D eigenvalue weighted by atomic mass is 9.88. The number of hydrogen-bond acceptors (Lipinski definition) is 3. The molecule has 12 heavy (non-hydrogen) atoms. The van der Waals surface area contributed by atoms with E-state index in [2.05, 4.69) is 12.8 Å². The molecule has 0 amide bonds. The highest BCUT2D eigenvalue weighted by molar-refractivity contribution is 7.96. The molecule has 0 aliphatic carbocycles. The van der Waals surface area contributed by atoms with Crippen molar-refractivity contribution >= 4 is 15.7 Å². The van der Waals surface area contributed by atoms with Crippen LogP contribution in [0.4, 0.5) is 0 Å². The van der Waals surface area contributed by atoms with Crippen molar-refractivity contribution in [2.24, 2.45) is 0 Å². The zero-order chi connectivity index (χ0) is 8.56. The molecule has 0 N–H and O–H groups in total. The van der Waals surface area contributed by atoms with E-state index in [9.17, 15) is 4.21 Å². The predicted molar refractivity (Wildman–Crippen MR) is 46.4 cm³/mol. The van der Waals surface area contributed by atoms with Crippen molar-refractivity contribution in [3.8, 4) is 0 Å². The summed E-state index contributed by atoms with van der Waals surface area (Å²) in [7, 11) is -2.29. The molecule has 68 valence electrons. The Hall–Kier alpha value is -0.0600. The minimum Gasteiger partial charge on any atom is -0.368 e. The molecule has 5 atom stereocenters. The third-order valence-electron chi connectivity index (χ3n) is 3.17. The van der Waals surface area contributed by atoms with Crippen LogP contribution in [-0.4, -0.2) is 33.1 Å². The molecule has 3 aliphatic rings. The summed E-state index contributed by atoms with van der Waals surface area (Å²) in [5, 5.41) is 0.0567. The number of fused-ring (bicyclic) bond motifs is 1. The van der Waals surface area contributed by atoms with Gasteiger partial charge in [0.15, 0.2) is 0 Å². The van der Waals surface area contributed by atoms with Crippen LogP contribution in [0.25, 0.3) is 0 Å². The van der Waals surface area contributed by atoms with Gasteiger partial charge in [-0.3, -0.25) is 4.18 Å². The molecule has 3 nitrogen and oxygen atoms in total. The maximum atomic E-state index is 11.8. The molecule has 0 radical (unpaired) electrons. The number of hydrogen-bond donors (Lipinski definition) is 0. The van der Waals surface area contributed by atoms with Gasteiger partial charge in [0.1, 0.15) is 12.2 Å². The number of rotatable bonds is 0. The van der Waals surface area contributed by atoms with Gasteiger partial charge in [0.05, 0.1) is 20.7 Å². The highest BCUT2D eigenvalue weighted by Crippen LogP contribution is 2.52. The van der Waals surface area contributed by atoms with Gasteiger partial charge in [0, 0.05) is 6.42 Å². The van der Waals surface area contributed by atoms with E-state index in [0.29, 0.717) is 0 Å². The summed E-state index contributed by atoms with van der Waals surface area (Å²) in [5.74, 6) is 3.65. The van der Waals surface area contributed by atoms with E-state index in [1.165, 1.54) is 0 Å². The van der Waals surface area contributed by atoms with Crippen molar-refractivity contribution in [2.75, 3.05) is 0 Å². The first-order valence-corrected chi connectivity index (χ1v) is 5.94. The Morgan fingerprint density at radius 1 is 1.58 bits per heavy atom. The van der Waals surface area contributed by atoms with Crippen molar-refractivity contribution in [3.05, 3.63) is 0 Å². The topological polar surface area (TPSA) is 35.5 Å². The lowest BCUT2D eigenvalue weighted by Crippen LogP contribution is -2.30. The van der Waals surface area contributed by atoms with Gasteiger partial charge in [-0.15, -0.1) is 0 Å². The van der Waals surface area contributed by atoms with E-state index in [4.69, 9.17) is 8.92 Å². The van der Waals surface area contributed by atoms with E-state index < -0.39 is 9.80 Å². The summed E-state index contributed by atoms with van der Waals surface area (Å²) >= 11 is 0. The minimum atomic E-state index is -2.29. The van der Waals surface area contributed by atoms with Crippen LogP contribution in [0.1, 0.15) is 19.8 Å². The zero-order valence-corrected chi connectivity index (χ0v) is 7.80. The summed E-state index contributed by atoms with van der Waals surface area (Å²) < 4.78 is 22.9. The summed E-state index contributed by atoms with van der Waals surface area (Å²) in [6.45, 7) is 2.07. The number of ether oxygens (including phenoxy) is 1. The Kier molecular flexibility index (Phi) is 1.06. The van der Waals surface area contributed by atoms with Gasteiger partial charge in [0.2, 0.25) is 0 Å². The van der Waals surface area contributed by atoms with Gasteiger partial charge in [-0.05, 0) is 19.2 Å². The molecule has 0 aromatic rings. The van der Waals surface area contributed by atoms with Crippen LogP contribution in [0.2, 0.25) is 0 Å². The van der Waals surface area contributed by atoms with E-state index >= 15 is 0 Å². The lowest BCUT2D eigenvalue weighted by Gasteiger charge is -2.18. The van der Waals surface area contributed by atoms with Crippen LogP contribution in [0.3, 0.4) is 0 Å². The first-order valence-electron chi connectivity index (χ1n) is 4.22. The van der Waals surface area contributed by atoms with Gasteiger partial charge >= 0.3 is 0 Å². The first kappa shape index (κ1) is 7.35. The summed E-state index contributed by atoms with van der Waals surface area (Å²) in [5.41, 5.74) is -0.0726. The van der Waals surface area contributed by atoms with Gasteiger partial charge in [-0.1, -0.05) is 0 Å². The first-order chi connectivity index (χ1) is 5.50. The fourth-order valence-electron chi connectivity index (χ4n) is 2.68.